The van der Waals surface area contributed by atoms with Gasteiger partial charge < -0.3 is 19.6 Å². The molecule has 1 aliphatic heterocycles. The topological polar surface area (TPSA) is 78.8 Å². The number of nitrogens with zero attached hydrogens (tertiary/aromatic N) is 4. The van der Waals surface area contributed by atoms with Gasteiger partial charge in [-0.05, 0) is 31.3 Å². The van der Waals surface area contributed by atoms with Crippen molar-refractivity contribution in [3.63, 3.8) is 0 Å². The summed E-state index contributed by atoms with van der Waals surface area (Å²) in [4.78, 5) is 23.9. The van der Waals surface area contributed by atoms with Gasteiger partial charge in [-0.3, -0.25) is 0 Å². The highest BCUT2D eigenvalue weighted by Gasteiger charge is 2.21. The number of carboxylic acid groups (broad SMARTS) is 1. The summed E-state index contributed by atoms with van der Waals surface area (Å²) in [7, 11) is 2.04. The second-order valence-corrected chi connectivity index (χ2v) is 5.54. The zero-order valence-electron chi connectivity index (χ0n) is 13.1. The minimum atomic E-state index is -1.18. The van der Waals surface area contributed by atoms with E-state index in [1.54, 1.807) is 0 Å². The molecule has 7 nitrogen and oxygen atoms in total. The lowest BCUT2D eigenvalue weighted by Crippen LogP contribution is -2.45. The first-order valence-corrected chi connectivity index (χ1v) is 7.50. The zero-order chi connectivity index (χ0) is 17.1. The van der Waals surface area contributed by atoms with Crippen molar-refractivity contribution in [3.05, 3.63) is 41.8 Å². The number of carbonyl (C=O) groups is 1. The highest BCUT2D eigenvalue weighted by molar-refractivity contribution is 5.90. The molecule has 2 aromatic rings. The number of hydrogen-bond acceptors (Lipinski definition) is 6. The Balaban J connectivity index is 1.88. The van der Waals surface area contributed by atoms with Gasteiger partial charge in [0.25, 0.3) is 0 Å². The van der Waals surface area contributed by atoms with Crippen molar-refractivity contribution in [3.8, 4) is 11.6 Å². The Bertz CT molecular complexity index is 731. The van der Waals surface area contributed by atoms with Crippen LogP contribution in [0.3, 0.4) is 0 Å². The lowest BCUT2D eigenvalue weighted by molar-refractivity contribution is 0.0693. The molecule has 126 valence electrons. The number of ether oxygens (including phenoxy) is 1. The Hall–Kier alpha value is -2.74. The number of likely N-dealkylation sites (N-methyl/N-ethyl adjacent to an activating group) is 1. The molecule has 2 heterocycles. The van der Waals surface area contributed by atoms with Gasteiger partial charge in [0.05, 0.1) is 6.20 Å². The summed E-state index contributed by atoms with van der Waals surface area (Å²) in [6.45, 7) is 3.24. The number of piperazine rings is 1. The van der Waals surface area contributed by atoms with Crippen molar-refractivity contribution in [2.75, 3.05) is 38.1 Å². The van der Waals surface area contributed by atoms with Crippen molar-refractivity contribution >= 4 is 11.9 Å². The standard InChI is InChI=1S/C16H17FN4O3/c1-20-6-8-21(9-7-20)16-18-10-13(15(22)23)14(19-16)24-12-4-2-11(17)3-5-12/h2-5,10H,6-9H2,1H3,(H,22,23). The van der Waals surface area contributed by atoms with Gasteiger partial charge in [0.2, 0.25) is 11.8 Å². The summed E-state index contributed by atoms with van der Waals surface area (Å²) in [6, 6.07) is 5.30. The lowest BCUT2D eigenvalue weighted by atomic mass is 10.3. The number of halogens is 1. The Morgan fingerprint density at radius 3 is 2.50 bits per heavy atom. The third kappa shape index (κ3) is 3.60. The van der Waals surface area contributed by atoms with Crippen LogP contribution in [0.15, 0.2) is 30.5 Å². The van der Waals surface area contributed by atoms with E-state index in [-0.39, 0.29) is 11.4 Å². The van der Waals surface area contributed by atoms with Gasteiger partial charge in [-0.15, -0.1) is 0 Å². The molecule has 0 bridgehead atoms. The molecule has 0 aliphatic carbocycles. The molecule has 0 unspecified atom stereocenters. The van der Waals surface area contributed by atoms with Gasteiger partial charge in [-0.1, -0.05) is 0 Å². The van der Waals surface area contributed by atoms with E-state index in [0.29, 0.717) is 11.7 Å². The molecule has 0 spiro atoms. The fraction of sp³-hybridized carbons (Fsp3) is 0.312. The predicted molar refractivity (Wildman–Crippen MR) is 85.2 cm³/mol. The van der Waals surface area contributed by atoms with Crippen molar-refractivity contribution in [1.29, 1.82) is 0 Å². The molecule has 0 saturated carbocycles. The van der Waals surface area contributed by atoms with E-state index < -0.39 is 11.8 Å². The van der Waals surface area contributed by atoms with Gasteiger partial charge >= 0.3 is 5.97 Å². The van der Waals surface area contributed by atoms with Crippen LogP contribution in [0.2, 0.25) is 0 Å². The molecule has 8 heteroatoms. The summed E-state index contributed by atoms with van der Waals surface area (Å²) >= 11 is 0. The molecule has 1 N–H and O–H groups in total. The Labute approximate surface area is 138 Å². The third-order valence-electron chi connectivity index (χ3n) is 3.79. The predicted octanol–water partition coefficient (Wildman–Crippen LogP) is 1.86. The average molecular weight is 332 g/mol. The quantitative estimate of drug-likeness (QED) is 0.915. The van der Waals surface area contributed by atoms with Gasteiger partial charge in [-0.25, -0.2) is 14.2 Å². The number of aromatic carboxylic acids is 1. The fourth-order valence-electron chi connectivity index (χ4n) is 2.35. The maximum atomic E-state index is 13.0. The number of hydrogen-bond donors (Lipinski definition) is 1. The van der Waals surface area contributed by atoms with Crippen molar-refractivity contribution in [2.24, 2.45) is 0 Å². The normalized spacial score (nSPS) is 15.3. The third-order valence-corrected chi connectivity index (χ3v) is 3.79. The Morgan fingerprint density at radius 2 is 1.88 bits per heavy atom. The van der Waals surface area contributed by atoms with Gasteiger partial charge in [0, 0.05) is 26.2 Å². The summed E-state index contributed by atoms with van der Waals surface area (Å²) in [5.74, 6) is -0.913. The second-order valence-electron chi connectivity index (χ2n) is 5.54. The molecule has 1 saturated heterocycles. The van der Waals surface area contributed by atoms with Crippen LogP contribution in [0, 0.1) is 5.82 Å². The second kappa shape index (κ2) is 6.79. The van der Waals surface area contributed by atoms with Crippen LogP contribution in [0.25, 0.3) is 0 Å². The van der Waals surface area contributed by atoms with Crippen LogP contribution in [-0.2, 0) is 0 Å². The minimum absolute atomic E-state index is 0.0574. The maximum Gasteiger partial charge on any atom is 0.342 e. The summed E-state index contributed by atoms with van der Waals surface area (Å²) in [6.07, 6.45) is 1.24. The monoisotopic (exact) mass is 332 g/mol. The van der Waals surface area contributed by atoms with E-state index in [4.69, 9.17) is 4.74 Å². The van der Waals surface area contributed by atoms with Crippen LogP contribution in [-0.4, -0.2) is 59.2 Å². The first-order valence-electron chi connectivity index (χ1n) is 7.50. The number of benzene rings is 1. The highest BCUT2D eigenvalue weighted by atomic mass is 19.1. The van der Waals surface area contributed by atoms with Crippen molar-refractivity contribution < 1.29 is 19.0 Å². The van der Waals surface area contributed by atoms with Gasteiger partial charge in [0.1, 0.15) is 17.1 Å². The summed E-state index contributed by atoms with van der Waals surface area (Å²) in [5, 5.41) is 9.28. The zero-order valence-corrected chi connectivity index (χ0v) is 13.1. The molecule has 24 heavy (non-hydrogen) atoms. The number of carboxylic acids is 1. The van der Waals surface area contributed by atoms with E-state index in [1.165, 1.54) is 30.5 Å². The summed E-state index contributed by atoms with van der Waals surface area (Å²) < 4.78 is 18.5. The fourth-order valence-corrected chi connectivity index (χ4v) is 2.35. The van der Waals surface area contributed by atoms with Crippen LogP contribution in [0.4, 0.5) is 10.3 Å². The molecule has 0 amide bonds. The largest absolute Gasteiger partial charge is 0.477 e. The first-order chi connectivity index (χ1) is 11.5. The summed E-state index contributed by atoms with van der Waals surface area (Å²) in [5.41, 5.74) is -0.141. The molecule has 3 rings (SSSR count). The minimum Gasteiger partial charge on any atom is -0.477 e. The SMILES string of the molecule is CN1CCN(c2ncc(C(=O)O)c(Oc3ccc(F)cc3)n2)CC1. The van der Waals surface area contributed by atoms with E-state index in [9.17, 15) is 14.3 Å². The van der Waals surface area contributed by atoms with Gasteiger partial charge in [-0.2, -0.15) is 4.98 Å². The molecule has 0 radical (unpaired) electrons. The first kappa shape index (κ1) is 16.1. The average Bonchev–Trinajstić information content (AvgIpc) is 2.57. The van der Waals surface area contributed by atoms with Crippen LogP contribution >= 0.6 is 0 Å². The van der Waals surface area contributed by atoms with Crippen molar-refractivity contribution in [2.45, 2.75) is 0 Å². The smallest absolute Gasteiger partial charge is 0.342 e. The van der Waals surface area contributed by atoms with E-state index in [2.05, 4.69) is 14.9 Å². The Kier molecular flexibility index (Phi) is 4.57. The van der Waals surface area contributed by atoms with Crippen molar-refractivity contribution in [1.82, 2.24) is 14.9 Å². The Morgan fingerprint density at radius 1 is 1.21 bits per heavy atom. The molecular weight excluding hydrogens is 315 g/mol. The molecule has 0 atom stereocenters. The van der Waals surface area contributed by atoms with Crippen LogP contribution < -0.4 is 9.64 Å². The van der Waals surface area contributed by atoms with E-state index in [1.807, 2.05) is 11.9 Å². The molecule has 1 aliphatic rings. The highest BCUT2D eigenvalue weighted by Crippen LogP contribution is 2.25. The van der Waals surface area contributed by atoms with E-state index >= 15 is 0 Å². The number of anilines is 1. The molecule has 1 fully saturated rings. The van der Waals surface area contributed by atoms with Crippen LogP contribution in [0.5, 0.6) is 11.6 Å². The molecule has 1 aromatic heterocycles. The van der Waals surface area contributed by atoms with Gasteiger partial charge in [0.15, 0.2) is 0 Å². The maximum absolute atomic E-state index is 13.0. The molecule has 1 aromatic carbocycles. The van der Waals surface area contributed by atoms with Crippen LogP contribution in [0.1, 0.15) is 10.4 Å². The van der Waals surface area contributed by atoms with E-state index in [0.717, 1.165) is 26.2 Å². The molecular formula is C16H17FN4O3. The lowest BCUT2D eigenvalue weighted by Gasteiger charge is -2.32. The number of rotatable bonds is 4. The number of aromatic nitrogens is 2.